The fourth-order valence-corrected chi connectivity index (χ4v) is 7.26. The molecule has 0 saturated carbocycles. The highest BCUT2D eigenvalue weighted by Crippen LogP contribution is 2.38. The van der Waals surface area contributed by atoms with Gasteiger partial charge in [-0.25, -0.2) is 0 Å². The molecule has 6 aromatic rings. The average Bonchev–Trinajstić information content (AvgIpc) is 3.63. The summed E-state index contributed by atoms with van der Waals surface area (Å²) in [5, 5.41) is 35.2. The third kappa shape index (κ3) is 11.3. The van der Waals surface area contributed by atoms with Crippen molar-refractivity contribution in [3.63, 3.8) is 0 Å². The maximum atomic E-state index is 11.0. The number of carboxylic acids is 2. The lowest BCUT2D eigenvalue weighted by Gasteiger charge is -2.18. The molecule has 0 aliphatic heterocycles. The number of halogens is 1. The zero-order chi connectivity index (χ0) is 41.7. The number of carboxylic acid groups (broad SMARTS) is 2. The summed E-state index contributed by atoms with van der Waals surface area (Å²) in [6.45, 7) is 6.97. The standard InChI is InChI=1S/C47H47ClN4O7/c1-30-35(28-59-45-22-43(57-27-33-19-32(23-49)24-52-25-33)37(20-42(45)48)26-51-17-6-12-47(55)56)7-3-9-39(30)40-10-4-8-38(31(40)2)34-13-14-41-36(29-58-44(41)21-34)15-18-50-16-5-11-46(53)54/h3-4,7-10,13-14,19-22,24-25,29,50-51H,5-6,11-12,15-18,26-28H2,1-2H3,(H,53,54)(H,55,56). The minimum Gasteiger partial charge on any atom is -0.488 e. The van der Waals surface area contributed by atoms with E-state index in [1.807, 2.05) is 18.4 Å². The first-order chi connectivity index (χ1) is 28.6. The molecule has 0 spiro atoms. The van der Waals surface area contributed by atoms with Gasteiger partial charge in [-0.15, -0.1) is 0 Å². The van der Waals surface area contributed by atoms with Crippen LogP contribution in [0.5, 0.6) is 11.5 Å². The number of furan rings is 1. The molecule has 0 saturated heterocycles. The number of carbonyl (C=O) groups is 2. The van der Waals surface area contributed by atoms with Crippen molar-refractivity contribution in [3.05, 3.63) is 135 Å². The van der Waals surface area contributed by atoms with E-state index < -0.39 is 11.9 Å². The van der Waals surface area contributed by atoms with Crippen molar-refractivity contribution in [2.75, 3.05) is 19.6 Å². The fourth-order valence-electron chi connectivity index (χ4n) is 7.02. The number of benzene rings is 4. The number of hydrogen-bond acceptors (Lipinski definition) is 9. The maximum absolute atomic E-state index is 11.0. The van der Waals surface area contributed by atoms with Gasteiger partial charge in [0.15, 0.2) is 0 Å². The van der Waals surface area contributed by atoms with Crippen LogP contribution in [-0.4, -0.2) is 46.8 Å². The molecule has 11 nitrogen and oxygen atoms in total. The average molecular weight is 815 g/mol. The van der Waals surface area contributed by atoms with Gasteiger partial charge in [-0.3, -0.25) is 14.6 Å². The number of aliphatic carboxylic acids is 2. The van der Waals surface area contributed by atoms with Crippen LogP contribution in [0.1, 0.15) is 64.6 Å². The topological polar surface area (TPSA) is 167 Å². The molecule has 0 radical (unpaired) electrons. The molecule has 0 atom stereocenters. The number of rotatable bonds is 21. The molecule has 59 heavy (non-hydrogen) atoms. The molecule has 4 aromatic carbocycles. The molecule has 304 valence electrons. The second-order valence-corrected chi connectivity index (χ2v) is 14.8. The Hall–Kier alpha value is -6.19. The van der Waals surface area contributed by atoms with Crippen LogP contribution in [0.25, 0.3) is 33.2 Å². The number of aromatic nitrogens is 1. The van der Waals surface area contributed by atoms with Gasteiger partial charge in [0.2, 0.25) is 0 Å². The zero-order valence-electron chi connectivity index (χ0n) is 33.1. The van der Waals surface area contributed by atoms with Gasteiger partial charge in [-0.05, 0) is 115 Å². The third-order valence-electron chi connectivity index (χ3n) is 10.2. The van der Waals surface area contributed by atoms with E-state index in [4.69, 9.17) is 35.7 Å². The molecule has 2 heterocycles. The maximum Gasteiger partial charge on any atom is 0.303 e. The molecule has 6 rings (SSSR count). The minimum absolute atomic E-state index is 0.0708. The lowest BCUT2D eigenvalue weighted by molar-refractivity contribution is -0.138. The predicted molar refractivity (Wildman–Crippen MR) is 228 cm³/mol. The predicted octanol–water partition coefficient (Wildman–Crippen LogP) is 9.41. The summed E-state index contributed by atoms with van der Waals surface area (Å²) in [7, 11) is 0. The molecule has 4 N–H and O–H groups in total. The van der Waals surface area contributed by atoms with Gasteiger partial charge in [0, 0.05) is 54.4 Å². The first-order valence-corrected chi connectivity index (χ1v) is 19.9. The number of nitrogens with one attached hydrogen (secondary N) is 2. The van der Waals surface area contributed by atoms with Crippen molar-refractivity contribution in [1.29, 1.82) is 5.26 Å². The number of nitrogens with zero attached hydrogens (tertiary/aromatic N) is 2. The lowest BCUT2D eigenvalue weighted by atomic mass is 9.89. The number of nitriles is 1. The van der Waals surface area contributed by atoms with Crippen LogP contribution >= 0.6 is 11.6 Å². The Morgan fingerprint density at radius 2 is 1.49 bits per heavy atom. The molecule has 0 bridgehead atoms. The molecular weight excluding hydrogens is 768 g/mol. The van der Waals surface area contributed by atoms with E-state index in [1.54, 1.807) is 24.4 Å². The van der Waals surface area contributed by atoms with Crippen LogP contribution in [0, 0.1) is 25.2 Å². The van der Waals surface area contributed by atoms with Crippen LogP contribution < -0.4 is 20.1 Å². The van der Waals surface area contributed by atoms with Gasteiger partial charge in [-0.2, -0.15) is 5.26 Å². The largest absolute Gasteiger partial charge is 0.488 e. The smallest absolute Gasteiger partial charge is 0.303 e. The highest BCUT2D eigenvalue weighted by atomic mass is 35.5. The van der Waals surface area contributed by atoms with Gasteiger partial charge >= 0.3 is 11.9 Å². The van der Waals surface area contributed by atoms with Crippen molar-refractivity contribution < 1.29 is 33.7 Å². The van der Waals surface area contributed by atoms with Crippen molar-refractivity contribution in [1.82, 2.24) is 15.6 Å². The second kappa shape index (κ2) is 20.5. The van der Waals surface area contributed by atoms with E-state index in [0.29, 0.717) is 54.6 Å². The summed E-state index contributed by atoms with van der Waals surface area (Å²) < 4.78 is 18.6. The lowest BCUT2D eigenvalue weighted by Crippen LogP contribution is -2.19. The van der Waals surface area contributed by atoms with E-state index in [-0.39, 0.29) is 26.1 Å². The first-order valence-electron chi connectivity index (χ1n) is 19.6. The molecule has 0 fully saturated rings. The molecule has 0 amide bonds. The molecule has 2 aromatic heterocycles. The van der Waals surface area contributed by atoms with Crippen molar-refractivity contribution >= 4 is 34.5 Å². The van der Waals surface area contributed by atoms with Crippen LogP contribution in [-0.2, 0) is 35.8 Å². The van der Waals surface area contributed by atoms with Crippen LogP contribution in [0.4, 0.5) is 0 Å². The molecule has 12 heteroatoms. The Bertz CT molecular complexity index is 2470. The monoisotopic (exact) mass is 814 g/mol. The first kappa shape index (κ1) is 42.4. The Morgan fingerprint density at radius 3 is 2.25 bits per heavy atom. The van der Waals surface area contributed by atoms with Crippen LogP contribution in [0.15, 0.2) is 95.9 Å². The highest BCUT2D eigenvalue weighted by molar-refractivity contribution is 6.32. The van der Waals surface area contributed by atoms with Gasteiger partial charge in [0.05, 0.1) is 16.8 Å². The molecule has 0 aliphatic rings. The highest BCUT2D eigenvalue weighted by Gasteiger charge is 2.16. The summed E-state index contributed by atoms with van der Waals surface area (Å²) in [6.07, 6.45) is 7.05. The van der Waals surface area contributed by atoms with E-state index in [1.165, 1.54) is 6.20 Å². The summed E-state index contributed by atoms with van der Waals surface area (Å²) in [4.78, 5) is 25.9. The Kier molecular flexibility index (Phi) is 14.7. The molecule has 0 unspecified atom stereocenters. The van der Waals surface area contributed by atoms with E-state index in [0.717, 1.165) is 79.6 Å². The Morgan fingerprint density at radius 1 is 0.780 bits per heavy atom. The number of pyridine rings is 1. The SMILES string of the molecule is Cc1c(COc2cc(OCc3cncc(C#N)c3)c(CNCCCC(=O)O)cc2Cl)cccc1-c1cccc(-c2ccc3c(CCNCCCC(=O)O)coc3c2)c1C. The number of ether oxygens (including phenoxy) is 2. The normalized spacial score (nSPS) is 11.1. The summed E-state index contributed by atoms with van der Waals surface area (Å²) >= 11 is 6.80. The summed E-state index contributed by atoms with van der Waals surface area (Å²) in [5.41, 5.74) is 11.5. The fraction of sp³-hybridized carbons (Fsp3) is 0.277. The van der Waals surface area contributed by atoms with Gasteiger partial charge < -0.3 is 34.7 Å². The zero-order valence-corrected chi connectivity index (χ0v) is 33.9. The third-order valence-corrected chi connectivity index (χ3v) is 10.5. The second-order valence-electron chi connectivity index (χ2n) is 14.4. The van der Waals surface area contributed by atoms with Crippen molar-refractivity contribution in [2.24, 2.45) is 0 Å². The van der Waals surface area contributed by atoms with Crippen molar-refractivity contribution in [2.45, 2.75) is 65.7 Å². The number of hydrogen-bond donors (Lipinski definition) is 4. The number of fused-ring (bicyclic) bond motifs is 1. The Balaban J connectivity index is 1.17. The van der Waals surface area contributed by atoms with E-state index in [9.17, 15) is 14.9 Å². The summed E-state index contributed by atoms with van der Waals surface area (Å²) in [5.74, 6) is -0.626. The molecular formula is C47H47ClN4O7. The van der Waals surface area contributed by atoms with E-state index in [2.05, 4.69) is 78.0 Å². The van der Waals surface area contributed by atoms with Crippen molar-refractivity contribution in [3.8, 4) is 39.8 Å². The molecule has 0 aliphatic carbocycles. The quantitative estimate of drug-likeness (QED) is 0.0511. The minimum atomic E-state index is -0.842. The van der Waals surface area contributed by atoms with Crippen LogP contribution in [0.2, 0.25) is 5.02 Å². The van der Waals surface area contributed by atoms with Gasteiger partial charge in [-0.1, -0.05) is 60.1 Å². The Labute approximate surface area is 348 Å². The summed E-state index contributed by atoms with van der Waals surface area (Å²) in [6, 6.07) is 26.3. The van der Waals surface area contributed by atoms with Gasteiger partial charge in [0.25, 0.3) is 0 Å². The van der Waals surface area contributed by atoms with Gasteiger partial charge in [0.1, 0.15) is 36.4 Å². The van der Waals surface area contributed by atoms with E-state index >= 15 is 0 Å². The van der Waals surface area contributed by atoms with Crippen LogP contribution in [0.3, 0.4) is 0 Å².